The van der Waals surface area contributed by atoms with Crippen molar-refractivity contribution in [2.75, 3.05) is 6.54 Å². The molecule has 1 aromatic heterocycles. The maximum atomic E-state index is 5.73. The van der Waals surface area contributed by atoms with Crippen LogP contribution in [0.25, 0.3) is 0 Å². The van der Waals surface area contributed by atoms with E-state index in [1.165, 1.54) is 0 Å². The molecule has 2 rings (SSSR count). The largest absolute Gasteiger partial charge is 0.417 e. The lowest BCUT2D eigenvalue weighted by Crippen LogP contribution is -2.11. The molecular formula is C15H20N2O2. The molecule has 0 unspecified atom stereocenters. The number of benzene rings is 1. The minimum absolute atomic E-state index is 0.293. The average molecular weight is 260 g/mol. The van der Waals surface area contributed by atoms with Crippen molar-refractivity contribution in [1.29, 1.82) is 0 Å². The zero-order valence-electron chi connectivity index (χ0n) is 11.6. The summed E-state index contributed by atoms with van der Waals surface area (Å²) in [7, 11) is 0. The van der Waals surface area contributed by atoms with Crippen LogP contribution in [-0.2, 0) is 6.54 Å². The van der Waals surface area contributed by atoms with E-state index in [0.29, 0.717) is 18.5 Å². The lowest BCUT2D eigenvalue weighted by Gasteiger charge is -2.10. The van der Waals surface area contributed by atoms with Crippen molar-refractivity contribution >= 4 is 0 Å². The highest BCUT2D eigenvalue weighted by molar-refractivity contribution is 5.36. The topological polar surface area (TPSA) is 47.3 Å². The fourth-order valence-electron chi connectivity index (χ4n) is 1.81. The van der Waals surface area contributed by atoms with Crippen molar-refractivity contribution < 1.29 is 9.15 Å². The second-order valence-electron chi connectivity index (χ2n) is 4.68. The van der Waals surface area contributed by atoms with Crippen LogP contribution in [0.5, 0.6) is 11.8 Å². The van der Waals surface area contributed by atoms with Crippen LogP contribution in [-0.4, -0.2) is 11.5 Å². The van der Waals surface area contributed by atoms with Crippen molar-refractivity contribution in [3.05, 3.63) is 41.8 Å². The molecule has 1 N–H and O–H groups in total. The fourth-order valence-corrected chi connectivity index (χ4v) is 1.81. The number of nitrogens with zero attached hydrogens (tertiary/aromatic N) is 1. The van der Waals surface area contributed by atoms with Crippen LogP contribution >= 0.6 is 0 Å². The Morgan fingerprint density at radius 2 is 2.11 bits per heavy atom. The molecule has 0 atom stereocenters. The third-order valence-corrected chi connectivity index (χ3v) is 2.83. The minimum Gasteiger partial charge on any atom is -0.417 e. The second kappa shape index (κ2) is 6.38. The standard InChI is InChI=1S/C15H20N2O2/c1-4-16-9-12-10-18-15(17-12)19-14-8-6-5-7-13(14)11(2)3/h5-8,10-11,16H,4,9H2,1-3H3. The molecule has 0 spiro atoms. The molecule has 0 saturated carbocycles. The Balaban J connectivity index is 2.10. The molecular weight excluding hydrogens is 240 g/mol. The zero-order valence-corrected chi connectivity index (χ0v) is 11.6. The smallest absolute Gasteiger partial charge is 0.399 e. The molecule has 1 aromatic carbocycles. The molecule has 0 amide bonds. The van der Waals surface area contributed by atoms with Gasteiger partial charge in [0.2, 0.25) is 0 Å². The molecule has 2 aromatic rings. The van der Waals surface area contributed by atoms with Gasteiger partial charge in [0.15, 0.2) is 0 Å². The number of rotatable bonds is 6. The maximum Gasteiger partial charge on any atom is 0.399 e. The first-order valence-electron chi connectivity index (χ1n) is 6.62. The highest BCUT2D eigenvalue weighted by atomic mass is 16.6. The zero-order chi connectivity index (χ0) is 13.7. The Morgan fingerprint density at radius 1 is 1.32 bits per heavy atom. The van der Waals surface area contributed by atoms with Crippen LogP contribution in [0.3, 0.4) is 0 Å². The van der Waals surface area contributed by atoms with Gasteiger partial charge < -0.3 is 14.5 Å². The molecule has 102 valence electrons. The summed E-state index contributed by atoms with van der Waals surface area (Å²) in [5.74, 6) is 1.20. The van der Waals surface area contributed by atoms with Gasteiger partial charge in [-0.15, -0.1) is 0 Å². The summed E-state index contributed by atoms with van der Waals surface area (Å²) in [4.78, 5) is 4.29. The number of oxazole rings is 1. The molecule has 1 heterocycles. The number of ether oxygens (including phenoxy) is 1. The highest BCUT2D eigenvalue weighted by Gasteiger charge is 2.11. The van der Waals surface area contributed by atoms with Gasteiger partial charge >= 0.3 is 6.08 Å². The van der Waals surface area contributed by atoms with Crippen molar-refractivity contribution in [1.82, 2.24) is 10.3 Å². The van der Waals surface area contributed by atoms with Crippen molar-refractivity contribution in [2.24, 2.45) is 0 Å². The molecule has 4 nitrogen and oxygen atoms in total. The summed E-state index contributed by atoms with van der Waals surface area (Å²) in [5, 5.41) is 3.19. The summed E-state index contributed by atoms with van der Waals surface area (Å²) in [6, 6.07) is 7.95. The Kier molecular flexibility index (Phi) is 4.58. The van der Waals surface area contributed by atoms with Gasteiger partial charge in [-0.3, -0.25) is 0 Å². The maximum absolute atomic E-state index is 5.73. The van der Waals surface area contributed by atoms with E-state index in [1.807, 2.05) is 18.2 Å². The number of para-hydroxylation sites is 1. The average Bonchev–Trinajstić information content (AvgIpc) is 2.84. The van der Waals surface area contributed by atoms with Gasteiger partial charge in [0.05, 0.1) is 5.69 Å². The van der Waals surface area contributed by atoms with E-state index in [9.17, 15) is 0 Å². The molecule has 19 heavy (non-hydrogen) atoms. The summed E-state index contributed by atoms with van der Waals surface area (Å²) in [6.45, 7) is 7.91. The minimum atomic E-state index is 0.293. The fraction of sp³-hybridized carbons (Fsp3) is 0.400. The predicted molar refractivity (Wildman–Crippen MR) is 74.5 cm³/mol. The molecule has 0 aliphatic heterocycles. The van der Waals surface area contributed by atoms with E-state index < -0.39 is 0 Å². The van der Waals surface area contributed by atoms with Crippen LogP contribution < -0.4 is 10.1 Å². The summed E-state index contributed by atoms with van der Waals surface area (Å²) < 4.78 is 11.1. The molecule has 0 saturated heterocycles. The van der Waals surface area contributed by atoms with Crippen LogP contribution in [0.4, 0.5) is 0 Å². The van der Waals surface area contributed by atoms with Crippen LogP contribution in [0.1, 0.15) is 37.9 Å². The predicted octanol–water partition coefficient (Wildman–Crippen LogP) is 3.70. The molecule has 0 fully saturated rings. The summed E-state index contributed by atoms with van der Waals surface area (Å²) in [5.41, 5.74) is 1.99. The van der Waals surface area contributed by atoms with Crippen molar-refractivity contribution in [3.63, 3.8) is 0 Å². The summed E-state index contributed by atoms with van der Waals surface area (Å²) in [6.07, 6.45) is 1.91. The molecule has 0 radical (unpaired) electrons. The Bertz CT molecular complexity index is 520. The summed E-state index contributed by atoms with van der Waals surface area (Å²) >= 11 is 0. The lowest BCUT2D eigenvalue weighted by atomic mass is 10.0. The van der Waals surface area contributed by atoms with Gasteiger partial charge in [-0.2, -0.15) is 4.98 Å². The number of hydrogen-bond donors (Lipinski definition) is 1. The Hall–Kier alpha value is -1.81. The van der Waals surface area contributed by atoms with E-state index in [0.717, 1.165) is 23.6 Å². The lowest BCUT2D eigenvalue weighted by molar-refractivity contribution is 0.327. The Labute approximate surface area is 113 Å². The quantitative estimate of drug-likeness (QED) is 0.860. The van der Waals surface area contributed by atoms with Gasteiger partial charge in [0.1, 0.15) is 12.0 Å². The van der Waals surface area contributed by atoms with E-state index in [2.05, 4.69) is 37.1 Å². The molecule has 0 bridgehead atoms. The van der Waals surface area contributed by atoms with Gasteiger partial charge in [0, 0.05) is 6.54 Å². The van der Waals surface area contributed by atoms with Crippen LogP contribution in [0.2, 0.25) is 0 Å². The molecule has 0 aliphatic rings. The van der Waals surface area contributed by atoms with Crippen molar-refractivity contribution in [2.45, 2.75) is 33.2 Å². The third-order valence-electron chi connectivity index (χ3n) is 2.83. The van der Waals surface area contributed by atoms with Gasteiger partial charge in [-0.1, -0.05) is 39.0 Å². The van der Waals surface area contributed by atoms with Gasteiger partial charge in [-0.05, 0) is 24.1 Å². The normalized spacial score (nSPS) is 10.9. The first kappa shape index (κ1) is 13.6. The van der Waals surface area contributed by atoms with E-state index in [4.69, 9.17) is 9.15 Å². The number of nitrogens with one attached hydrogen (secondary N) is 1. The van der Waals surface area contributed by atoms with Crippen molar-refractivity contribution in [3.8, 4) is 11.8 Å². The third kappa shape index (κ3) is 3.58. The monoisotopic (exact) mass is 260 g/mol. The molecule has 0 aliphatic carbocycles. The SMILES string of the molecule is CCNCc1coc(Oc2ccccc2C(C)C)n1. The second-order valence-corrected chi connectivity index (χ2v) is 4.68. The van der Waals surface area contributed by atoms with E-state index in [1.54, 1.807) is 6.26 Å². The number of aromatic nitrogens is 1. The first-order chi connectivity index (χ1) is 9.20. The number of hydrogen-bond acceptors (Lipinski definition) is 4. The first-order valence-corrected chi connectivity index (χ1v) is 6.62. The van der Waals surface area contributed by atoms with Crippen LogP contribution in [0.15, 0.2) is 34.9 Å². The van der Waals surface area contributed by atoms with Gasteiger partial charge in [-0.25, -0.2) is 0 Å². The Morgan fingerprint density at radius 3 is 2.84 bits per heavy atom. The molecule has 4 heteroatoms. The van der Waals surface area contributed by atoms with Gasteiger partial charge in [0.25, 0.3) is 0 Å². The van der Waals surface area contributed by atoms with E-state index >= 15 is 0 Å². The highest BCUT2D eigenvalue weighted by Crippen LogP contribution is 2.29. The van der Waals surface area contributed by atoms with Crippen LogP contribution in [0, 0.1) is 0 Å². The van der Waals surface area contributed by atoms with E-state index in [-0.39, 0.29) is 0 Å².